The van der Waals surface area contributed by atoms with Crippen LogP contribution in [0.3, 0.4) is 0 Å². The number of ketones is 1. The number of aryl methyl sites for hydroxylation is 1. The molecule has 26 heavy (non-hydrogen) atoms. The summed E-state index contributed by atoms with van der Waals surface area (Å²) in [5.74, 6) is 0.953. The zero-order valence-electron chi connectivity index (χ0n) is 14.4. The van der Waals surface area contributed by atoms with Gasteiger partial charge in [0.2, 0.25) is 5.78 Å². The summed E-state index contributed by atoms with van der Waals surface area (Å²) < 4.78 is 8.07. The molecular formula is C23H17NO2. The monoisotopic (exact) mass is 339 g/mol. The summed E-state index contributed by atoms with van der Waals surface area (Å²) in [4.78, 5) is 12.5. The first kappa shape index (κ1) is 15.0. The number of rotatable bonds is 2. The minimum Gasteiger partial charge on any atom is -0.452 e. The van der Waals surface area contributed by atoms with E-state index >= 15 is 0 Å². The van der Waals surface area contributed by atoms with E-state index in [0.29, 0.717) is 17.1 Å². The van der Waals surface area contributed by atoms with Gasteiger partial charge in [0.25, 0.3) is 0 Å². The van der Waals surface area contributed by atoms with Gasteiger partial charge in [0.15, 0.2) is 5.76 Å². The average Bonchev–Trinajstić information content (AvgIpc) is 3.17. The van der Waals surface area contributed by atoms with Gasteiger partial charge in [-0.3, -0.25) is 4.79 Å². The van der Waals surface area contributed by atoms with E-state index in [4.69, 9.17) is 4.74 Å². The number of carbonyl (C=O) groups is 1. The Hall–Kier alpha value is -3.33. The zero-order chi connectivity index (χ0) is 17.7. The second-order valence-corrected chi connectivity index (χ2v) is 6.47. The van der Waals surface area contributed by atoms with Crippen LogP contribution < -0.4 is 4.74 Å². The smallest absolute Gasteiger partial charge is 0.231 e. The summed E-state index contributed by atoms with van der Waals surface area (Å²) in [5, 5.41) is 2.42. The van der Waals surface area contributed by atoms with Gasteiger partial charge in [0.05, 0.1) is 5.56 Å². The molecule has 0 bridgehead atoms. The Labute approximate surface area is 151 Å². The van der Waals surface area contributed by atoms with E-state index in [-0.39, 0.29) is 5.78 Å². The van der Waals surface area contributed by atoms with Crippen molar-refractivity contribution in [2.24, 2.45) is 0 Å². The van der Waals surface area contributed by atoms with Crippen molar-refractivity contribution in [2.75, 3.05) is 0 Å². The van der Waals surface area contributed by atoms with Crippen LogP contribution in [0.2, 0.25) is 0 Å². The molecule has 0 aliphatic carbocycles. The van der Waals surface area contributed by atoms with Gasteiger partial charge >= 0.3 is 0 Å². The van der Waals surface area contributed by atoms with E-state index in [1.165, 1.54) is 21.8 Å². The van der Waals surface area contributed by atoms with Crippen LogP contribution in [0.15, 0.2) is 72.5 Å². The number of hydrogen-bond donors (Lipinski definition) is 0. The zero-order valence-corrected chi connectivity index (χ0v) is 14.4. The lowest BCUT2D eigenvalue weighted by Crippen LogP contribution is -1.98. The first-order chi connectivity index (χ1) is 12.8. The van der Waals surface area contributed by atoms with Crippen LogP contribution in [0.5, 0.6) is 5.75 Å². The van der Waals surface area contributed by atoms with Gasteiger partial charge in [-0.25, -0.2) is 0 Å². The molecule has 0 amide bonds. The minimum atomic E-state index is -0.0586. The van der Waals surface area contributed by atoms with Crippen molar-refractivity contribution in [2.45, 2.75) is 13.5 Å². The Morgan fingerprint density at radius 1 is 0.923 bits per heavy atom. The van der Waals surface area contributed by atoms with Gasteiger partial charge in [0, 0.05) is 28.4 Å². The molecule has 3 heteroatoms. The van der Waals surface area contributed by atoms with Crippen LogP contribution in [0, 0.1) is 0 Å². The Balaban J connectivity index is 1.65. The highest BCUT2D eigenvalue weighted by Gasteiger charge is 2.26. The maximum atomic E-state index is 12.5. The summed E-state index contributed by atoms with van der Waals surface area (Å²) in [5.41, 5.74) is 4.03. The summed E-state index contributed by atoms with van der Waals surface area (Å²) in [6.07, 6.45) is 1.83. The maximum absolute atomic E-state index is 12.5. The van der Waals surface area contributed by atoms with Crippen LogP contribution in [0.1, 0.15) is 22.8 Å². The number of ether oxygens (including phenoxy) is 1. The second kappa shape index (κ2) is 5.60. The molecule has 1 aliphatic heterocycles. The normalized spacial score (nSPS) is 15.0. The molecule has 0 radical (unpaired) electrons. The molecule has 5 rings (SSSR count). The largest absolute Gasteiger partial charge is 0.452 e. The number of allylic oxidation sites excluding steroid dienone is 1. The molecule has 1 aromatic heterocycles. The molecule has 126 valence electrons. The van der Waals surface area contributed by atoms with Crippen molar-refractivity contribution < 1.29 is 9.53 Å². The van der Waals surface area contributed by atoms with Gasteiger partial charge < -0.3 is 9.30 Å². The van der Waals surface area contributed by atoms with Crippen LogP contribution in [0.4, 0.5) is 0 Å². The average molecular weight is 339 g/mol. The van der Waals surface area contributed by atoms with Crippen molar-refractivity contribution in [3.05, 3.63) is 83.6 Å². The topological polar surface area (TPSA) is 31.2 Å². The summed E-state index contributed by atoms with van der Waals surface area (Å²) in [6.45, 7) is 3.07. The number of para-hydroxylation sites is 2. The molecule has 0 fully saturated rings. The highest BCUT2D eigenvalue weighted by atomic mass is 16.5. The van der Waals surface area contributed by atoms with Gasteiger partial charge in [-0.05, 0) is 48.9 Å². The first-order valence-corrected chi connectivity index (χ1v) is 8.80. The third kappa shape index (κ3) is 2.10. The van der Waals surface area contributed by atoms with Crippen molar-refractivity contribution >= 4 is 33.7 Å². The molecular weight excluding hydrogens is 322 g/mol. The molecule has 0 N–H and O–H groups in total. The van der Waals surface area contributed by atoms with Crippen LogP contribution in [-0.4, -0.2) is 10.4 Å². The third-order valence-corrected chi connectivity index (χ3v) is 4.99. The van der Waals surface area contributed by atoms with E-state index in [1.54, 1.807) is 6.07 Å². The van der Waals surface area contributed by atoms with Gasteiger partial charge in [-0.2, -0.15) is 0 Å². The van der Waals surface area contributed by atoms with E-state index in [1.807, 2.05) is 30.3 Å². The van der Waals surface area contributed by atoms with E-state index in [2.05, 4.69) is 47.9 Å². The molecule has 1 aliphatic rings. The Kier molecular flexibility index (Phi) is 3.22. The molecule has 3 nitrogen and oxygen atoms in total. The second-order valence-electron chi connectivity index (χ2n) is 6.47. The van der Waals surface area contributed by atoms with Crippen molar-refractivity contribution in [1.82, 2.24) is 4.57 Å². The molecule has 0 unspecified atom stereocenters. The van der Waals surface area contributed by atoms with Gasteiger partial charge in [0.1, 0.15) is 5.75 Å². The number of carbonyl (C=O) groups excluding carboxylic acids is 1. The fraction of sp³-hybridized carbons (Fsp3) is 0.0870. The quantitative estimate of drug-likeness (QED) is 0.456. The molecule has 4 aromatic rings. The van der Waals surface area contributed by atoms with Gasteiger partial charge in [-0.15, -0.1) is 0 Å². The Morgan fingerprint density at radius 2 is 1.69 bits per heavy atom. The Bertz CT molecular complexity index is 1210. The van der Waals surface area contributed by atoms with Crippen LogP contribution in [0.25, 0.3) is 27.9 Å². The Morgan fingerprint density at radius 3 is 2.54 bits per heavy atom. The van der Waals surface area contributed by atoms with Crippen molar-refractivity contribution in [3.8, 4) is 5.75 Å². The predicted octanol–water partition coefficient (Wildman–Crippen LogP) is 5.43. The van der Waals surface area contributed by atoms with Gasteiger partial charge in [-0.1, -0.05) is 36.4 Å². The summed E-state index contributed by atoms with van der Waals surface area (Å²) >= 11 is 0. The molecule has 0 atom stereocenters. The minimum absolute atomic E-state index is 0.0586. The number of Topliss-reactive ketones (excluding diaryl/α,β-unsaturated/α-hetero) is 1. The standard InChI is InChI=1S/C23H17NO2/c1-2-24-19-9-5-3-7-16(19)18-13-15(11-12-20(18)24)14-22-23(25)17-8-4-6-10-21(17)26-22/h3-14H,2H2,1H3/b22-14+. The number of aromatic nitrogens is 1. The SMILES string of the molecule is CCn1c2ccccc2c2cc(/C=C3/Oc4ccccc4C3=O)ccc21. The lowest BCUT2D eigenvalue weighted by molar-refractivity contribution is 0.101. The van der Waals surface area contributed by atoms with E-state index in [9.17, 15) is 4.79 Å². The lowest BCUT2D eigenvalue weighted by atomic mass is 10.1. The lowest BCUT2D eigenvalue weighted by Gasteiger charge is -2.03. The van der Waals surface area contributed by atoms with Crippen molar-refractivity contribution in [3.63, 3.8) is 0 Å². The molecule has 3 aromatic carbocycles. The first-order valence-electron chi connectivity index (χ1n) is 8.80. The number of hydrogen-bond acceptors (Lipinski definition) is 2. The molecule has 0 saturated carbocycles. The fourth-order valence-corrected chi connectivity index (χ4v) is 3.79. The fourth-order valence-electron chi connectivity index (χ4n) is 3.79. The highest BCUT2D eigenvalue weighted by molar-refractivity contribution is 6.15. The number of benzene rings is 3. The summed E-state index contributed by atoms with van der Waals surface area (Å²) in [6, 6.07) is 22.1. The maximum Gasteiger partial charge on any atom is 0.231 e. The highest BCUT2D eigenvalue weighted by Crippen LogP contribution is 2.33. The third-order valence-electron chi connectivity index (χ3n) is 4.99. The predicted molar refractivity (Wildman–Crippen MR) is 104 cm³/mol. The molecule has 0 saturated heterocycles. The molecule has 0 spiro atoms. The van der Waals surface area contributed by atoms with Crippen molar-refractivity contribution in [1.29, 1.82) is 0 Å². The van der Waals surface area contributed by atoms with Crippen LogP contribution >= 0.6 is 0 Å². The van der Waals surface area contributed by atoms with Crippen LogP contribution in [-0.2, 0) is 6.54 Å². The van der Waals surface area contributed by atoms with E-state index in [0.717, 1.165) is 12.1 Å². The van der Waals surface area contributed by atoms with E-state index < -0.39 is 0 Å². The summed E-state index contributed by atoms with van der Waals surface area (Å²) in [7, 11) is 0. The number of nitrogens with zero attached hydrogens (tertiary/aromatic N) is 1. The molecule has 2 heterocycles. The number of fused-ring (bicyclic) bond motifs is 4.